The highest BCUT2D eigenvalue weighted by molar-refractivity contribution is 5.99. The Hall–Kier alpha value is -2.77. The Morgan fingerprint density at radius 1 is 1.04 bits per heavy atom. The highest BCUT2D eigenvalue weighted by Crippen LogP contribution is 2.19. The van der Waals surface area contributed by atoms with Crippen LogP contribution in [0.15, 0.2) is 47.1 Å². The van der Waals surface area contributed by atoms with Crippen molar-refractivity contribution in [2.75, 3.05) is 38.0 Å². The molecule has 1 N–H and O–H groups in total. The molecule has 0 unspecified atom stereocenters. The van der Waals surface area contributed by atoms with Crippen molar-refractivity contribution >= 4 is 22.6 Å². The summed E-state index contributed by atoms with van der Waals surface area (Å²) in [6, 6.07) is 13.9. The SMILES string of the molecule is Cc1ccccc1CN1CCN(CC(=O)Nc2cccc3nonc23)CC1. The topological polar surface area (TPSA) is 74.5 Å². The lowest BCUT2D eigenvalue weighted by molar-refractivity contribution is -0.117. The van der Waals surface area contributed by atoms with Crippen LogP contribution in [0, 0.1) is 6.92 Å². The van der Waals surface area contributed by atoms with E-state index in [-0.39, 0.29) is 5.91 Å². The van der Waals surface area contributed by atoms with Gasteiger partial charge < -0.3 is 5.32 Å². The van der Waals surface area contributed by atoms with Crippen molar-refractivity contribution in [2.45, 2.75) is 13.5 Å². The molecule has 0 bridgehead atoms. The van der Waals surface area contributed by atoms with Gasteiger partial charge in [0.25, 0.3) is 0 Å². The van der Waals surface area contributed by atoms with Crippen LogP contribution in [0.2, 0.25) is 0 Å². The van der Waals surface area contributed by atoms with Crippen LogP contribution < -0.4 is 5.32 Å². The van der Waals surface area contributed by atoms with Crippen molar-refractivity contribution in [3.8, 4) is 0 Å². The first-order valence-electron chi connectivity index (χ1n) is 9.19. The molecule has 7 heteroatoms. The van der Waals surface area contributed by atoms with Gasteiger partial charge in [-0.05, 0) is 40.5 Å². The number of carbonyl (C=O) groups is 1. The van der Waals surface area contributed by atoms with Gasteiger partial charge in [0, 0.05) is 32.7 Å². The van der Waals surface area contributed by atoms with E-state index in [2.05, 4.69) is 56.6 Å². The van der Waals surface area contributed by atoms with Gasteiger partial charge in [-0.2, -0.15) is 0 Å². The summed E-state index contributed by atoms with van der Waals surface area (Å²) in [7, 11) is 0. The van der Waals surface area contributed by atoms with Crippen LogP contribution in [0.5, 0.6) is 0 Å². The molecule has 1 saturated heterocycles. The third-order valence-corrected chi connectivity index (χ3v) is 5.05. The zero-order chi connectivity index (χ0) is 18.6. The molecule has 2 aromatic carbocycles. The third-order valence-electron chi connectivity index (χ3n) is 5.05. The molecular weight excluding hydrogens is 342 g/mol. The highest BCUT2D eigenvalue weighted by Gasteiger charge is 2.20. The minimum Gasteiger partial charge on any atom is -0.323 e. The molecule has 1 aliphatic heterocycles. The van der Waals surface area contributed by atoms with Gasteiger partial charge in [0.05, 0.1) is 12.2 Å². The number of hydrogen-bond donors (Lipinski definition) is 1. The summed E-state index contributed by atoms with van der Waals surface area (Å²) in [4.78, 5) is 17.0. The second-order valence-electron chi connectivity index (χ2n) is 6.96. The number of nitrogens with zero attached hydrogens (tertiary/aromatic N) is 4. The van der Waals surface area contributed by atoms with E-state index in [1.165, 1.54) is 11.1 Å². The van der Waals surface area contributed by atoms with Gasteiger partial charge in [0.15, 0.2) is 5.52 Å². The Morgan fingerprint density at radius 3 is 2.63 bits per heavy atom. The van der Waals surface area contributed by atoms with Gasteiger partial charge in [-0.3, -0.25) is 14.6 Å². The summed E-state index contributed by atoms with van der Waals surface area (Å²) in [5.74, 6) is -0.0437. The lowest BCUT2D eigenvalue weighted by Gasteiger charge is -2.34. The molecule has 0 spiro atoms. The number of fused-ring (bicyclic) bond motifs is 1. The normalized spacial score (nSPS) is 15.9. The van der Waals surface area contributed by atoms with Crippen LogP contribution >= 0.6 is 0 Å². The lowest BCUT2D eigenvalue weighted by atomic mass is 10.1. The summed E-state index contributed by atoms with van der Waals surface area (Å²) >= 11 is 0. The van der Waals surface area contributed by atoms with Gasteiger partial charge in [-0.1, -0.05) is 30.3 Å². The van der Waals surface area contributed by atoms with Gasteiger partial charge in [-0.15, -0.1) is 0 Å². The van der Waals surface area contributed by atoms with Crippen molar-refractivity contribution < 1.29 is 9.42 Å². The minimum atomic E-state index is -0.0437. The monoisotopic (exact) mass is 365 g/mol. The Morgan fingerprint density at radius 2 is 1.81 bits per heavy atom. The Labute approximate surface area is 157 Å². The number of hydrogen-bond acceptors (Lipinski definition) is 6. The van der Waals surface area contributed by atoms with Crippen molar-refractivity contribution in [1.29, 1.82) is 0 Å². The summed E-state index contributed by atoms with van der Waals surface area (Å²) in [6.07, 6.45) is 0. The highest BCUT2D eigenvalue weighted by atomic mass is 16.6. The Kier molecular flexibility index (Phi) is 5.13. The lowest BCUT2D eigenvalue weighted by Crippen LogP contribution is -2.48. The number of benzene rings is 2. The molecule has 1 aliphatic rings. The number of piperazine rings is 1. The molecule has 3 aromatic rings. The number of aromatic nitrogens is 2. The molecule has 0 radical (unpaired) electrons. The maximum Gasteiger partial charge on any atom is 0.238 e. The van der Waals surface area contributed by atoms with Crippen LogP contribution in [-0.2, 0) is 11.3 Å². The van der Waals surface area contributed by atoms with Crippen LogP contribution in [0.25, 0.3) is 11.0 Å². The van der Waals surface area contributed by atoms with E-state index >= 15 is 0 Å². The molecule has 7 nitrogen and oxygen atoms in total. The zero-order valence-corrected chi connectivity index (χ0v) is 15.4. The smallest absolute Gasteiger partial charge is 0.238 e. The number of anilines is 1. The maximum absolute atomic E-state index is 12.4. The fourth-order valence-corrected chi connectivity index (χ4v) is 3.43. The number of aryl methyl sites for hydroxylation is 1. The molecule has 27 heavy (non-hydrogen) atoms. The molecule has 140 valence electrons. The number of carbonyl (C=O) groups excluding carboxylic acids is 1. The van der Waals surface area contributed by atoms with E-state index in [1.807, 2.05) is 12.1 Å². The number of nitrogens with one attached hydrogen (secondary N) is 1. The molecule has 1 amide bonds. The van der Waals surface area contributed by atoms with Gasteiger partial charge in [-0.25, -0.2) is 4.63 Å². The van der Waals surface area contributed by atoms with Gasteiger partial charge in [0.1, 0.15) is 5.52 Å². The largest absolute Gasteiger partial charge is 0.323 e. The van der Waals surface area contributed by atoms with E-state index in [9.17, 15) is 4.79 Å². The zero-order valence-electron chi connectivity index (χ0n) is 15.4. The molecule has 2 heterocycles. The van der Waals surface area contributed by atoms with E-state index in [0.29, 0.717) is 23.3 Å². The fraction of sp³-hybridized carbons (Fsp3) is 0.350. The predicted octanol–water partition coefficient (Wildman–Crippen LogP) is 2.29. The number of amides is 1. The average molecular weight is 365 g/mol. The van der Waals surface area contributed by atoms with Crippen molar-refractivity contribution in [3.05, 3.63) is 53.6 Å². The van der Waals surface area contributed by atoms with E-state index < -0.39 is 0 Å². The summed E-state index contributed by atoms with van der Waals surface area (Å²) in [6.45, 7) is 7.19. The molecule has 0 saturated carbocycles. The Balaban J connectivity index is 1.28. The van der Waals surface area contributed by atoms with E-state index in [0.717, 1.165) is 32.7 Å². The van der Waals surface area contributed by atoms with Gasteiger partial charge in [0.2, 0.25) is 5.91 Å². The third kappa shape index (κ3) is 4.15. The van der Waals surface area contributed by atoms with Crippen molar-refractivity contribution in [1.82, 2.24) is 20.1 Å². The minimum absolute atomic E-state index is 0.0437. The second kappa shape index (κ2) is 7.85. The quantitative estimate of drug-likeness (QED) is 0.748. The molecule has 0 aliphatic carbocycles. The Bertz CT molecular complexity index is 931. The van der Waals surface area contributed by atoms with Crippen LogP contribution in [0.3, 0.4) is 0 Å². The predicted molar refractivity (Wildman–Crippen MR) is 103 cm³/mol. The summed E-state index contributed by atoms with van der Waals surface area (Å²) in [5, 5.41) is 10.6. The van der Waals surface area contributed by atoms with Crippen LogP contribution in [-0.4, -0.2) is 58.7 Å². The first-order valence-corrected chi connectivity index (χ1v) is 9.19. The van der Waals surface area contributed by atoms with Crippen molar-refractivity contribution in [2.24, 2.45) is 0 Å². The first-order chi connectivity index (χ1) is 13.2. The number of rotatable bonds is 5. The fourth-order valence-electron chi connectivity index (χ4n) is 3.43. The van der Waals surface area contributed by atoms with E-state index in [4.69, 9.17) is 4.63 Å². The van der Waals surface area contributed by atoms with Gasteiger partial charge >= 0.3 is 0 Å². The second-order valence-corrected chi connectivity index (χ2v) is 6.96. The maximum atomic E-state index is 12.4. The first kappa shape index (κ1) is 17.6. The average Bonchev–Trinajstić information content (AvgIpc) is 3.15. The molecule has 4 rings (SSSR count). The van der Waals surface area contributed by atoms with E-state index in [1.54, 1.807) is 6.07 Å². The summed E-state index contributed by atoms with van der Waals surface area (Å²) in [5.41, 5.74) is 4.55. The van der Waals surface area contributed by atoms with Crippen molar-refractivity contribution in [3.63, 3.8) is 0 Å². The van der Waals surface area contributed by atoms with Crippen LogP contribution in [0.4, 0.5) is 5.69 Å². The van der Waals surface area contributed by atoms with Crippen LogP contribution in [0.1, 0.15) is 11.1 Å². The molecule has 1 aromatic heterocycles. The molecule has 0 atom stereocenters. The standard InChI is InChI=1S/C20H23N5O2/c1-15-5-2-3-6-16(15)13-24-9-11-25(12-10-24)14-19(26)21-17-7-4-8-18-20(17)23-27-22-18/h2-8H,9-14H2,1H3,(H,21,26). The molecular formula is C20H23N5O2. The molecule has 1 fully saturated rings. The summed E-state index contributed by atoms with van der Waals surface area (Å²) < 4.78 is 4.74.